The molecule has 146 valence electrons. The summed E-state index contributed by atoms with van der Waals surface area (Å²) >= 11 is 1.53. The van der Waals surface area contributed by atoms with Crippen LogP contribution in [0.25, 0.3) is 21.2 Å². The minimum Gasteiger partial charge on any atom is -0.455 e. The van der Waals surface area contributed by atoms with Crippen molar-refractivity contribution in [3.05, 3.63) is 114 Å². The molecule has 0 radical (unpaired) electrons. The first kappa shape index (κ1) is 18.6. The van der Waals surface area contributed by atoms with Gasteiger partial charge in [-0.1, -0.05) is 72.8 Å². The van der Waals surface area contributed by atoms with Gasteiger partial charge in [0, 0.05) is 16.5 Å². The summed E-state index contributed by atoms with van der Waals surface area (Å²) in [6.45, 7) is 0. The molecule has 30 heavy (non-hydrogen) atoms. The minimum absolute atomic E-state index is 0.665. The summed E-state index contributed by atoms with van der Waals surface area (Å²) in [6, 6.07) is 29.9. The second-order valence-electron chi connectivity index (χ2n) is 7.00. The molecule has 3 aromatic carbocycles. The van der Waals surface area contributed by atoms with Crippen molar-refractivity contribution in [2.24, 2.45) is 0 Å². The number of aliphatic hydroxyl groups excluding tert-OH is 1. The molecule has 1 atom stereocenters. The fourth-order valence-corrected chi connectivity index (χ4v) is 4.51. The highest BCUT2D eigenvalue weighted by molar-refractivity contribution is 7.19. The van der Waals surface area contributed by atoms with Crippen LogP contribution >= 0.6 is 11.3 Å². The Kier molecular flexibility index (Phi) is 5.01. The summed E-state index contributed by atoms with van der Waals surface area (Å²) in [5.74, 6) is 1.43. The number of thiophene rings is 1. The summed E-state index contributed by atoms with van der Waals surface area (Å²) in [5.41, 5.74) is 3.18. The summed E-state index contributed by atoms with van der Waals surface area (Å²) in [5, 5.41) is 11.7. The first-order chi connectivity index (χ1) is 14.8. The van der Waals surface area contributed by atoms with Gasteiger partial charge in [0.05, 0.1) is 10.9 Å². The highest BCUT2D eigenvalue weighted by Crippen LogP contribution is 2.38. The Labute approximate surface area is 178 Å². The largest absolute Gasteiger partial charge is 0.455 e. The van der Waals surface area contributed by atoms with E-state index in [9.17, 15) is 5.11 Å². The van der Waals surface area contributed by atoms with E-state index in [4.69, 9.17) is 4.74 Å². The van der Waals surface area contributed by atoms with Gasteiger partial charge in [-0.15, -0.1) is 11.3 Å². The van der Waals surface area contributed by atoms with Gasteiger partial charge in [0.2, 0.25) is 0 Å². The summed E-state index contributed by atoms with van der Waals surface area (Å²) < 4.78 is 7.13. The zero-order valence-electron chi connectivity index (χ0n) is 16.1. The lowest BCUT2D eigenvalue weighted by atomic mass is 10.1. The third kappa shape index (κ3) is 3.71. The lowest BCUT2D eigenvalue weighted by molar-refractivity contribution is 0.224. The van der Waals surface area contributed by atoms with Crippen LogP contribution in [0.15, 0.2) is 103 Å². The number of hydrogen-bond acceptors (Lipinski definition) is 4. The van der Waals surface area contributed by atoms with Gasteiger partial charge in [0.25, 0.3) is 0 Å². The quantitative estimate of drug-likeness (QED) is 0.346. The Morgan fingerprint density at radius 2 is 1.43 bits per heavy atom. The fraction of sp³-hybridized carbons (Fsp3) is 0.0385. The smallest absolute Gasteiger partial charge is 0.154 e. The van der Waals surface area contributed by atoms with Crippen LogP contribution in [0.4, 0.5) is 0 Å². The molecule has 0 spiro atoms. The molecule has 2 aromatic heterocycles. The molecule has 1 N–H and O–H groups in total. The summed E-state index contributed by atoms with van der Waals surface area (Å²) in [7, 11) is 0. The molecule has 0 aliphatic heterocycles. The number of benzene rings is 3. The Balaban J connectivity index is 1.43. The topological polar surface area (TPSA) is 42.4 Å². The average molecular weight is 410 g/mol. The first-order valence-electron chi connectivity index (χ1n) is 9.72. The number of ether oxygens (including phenoxy) is 1. The van der Waals surface area contributed by atoms with Crippen molar-refractivity contribution in [3.63, 3.8) is 0 Å². The Morgan fingerprint density at radius 3 is 2.17 bits per heavy atom. The van der Waals surface area contributed by atoms with Crippen molar-refractivity contribution >= 4 is 21.4 Å². The van der Waals surface area contributed by atoms with Gasteiger partial charge < -0.3 is 9.84 Å². The molecule has 0 amide bonds. The van der Waals surface area contributed by atoms with Gasteiger partial charge in [-0.25, -0.2) is 0 Å². The molecule has 0 fully saturated rings. The summed E-state index contributed by atoms with van der Waals surface area (Å²) in [6.07, 6.45) is 2.87. The molecule has 0 aliphatic carbocycles. The standard InChI is InChI=1S/C26H19NO2S/c28-26(20-9-5-2-6-10-20)24-15-22-23(16-27-17-25(22)30-24)29-21-13-11-19(12-14-21)18-7-3-1-4-8-18/h1-17,26,28H. The van der Waals surface area contributed by atoms with E-state index in [1.807, 2.05) is 72.9 Å². The van der Waals surface area contributed by atoms with Crippen LogP contribution in [0.5, 0.6) is 11.5 Å². The molecule has 3 nitrogen and oxygen atoms in total. The van der Waals surface area contributed by atoms with Gasteiger partial charge in [-0.3, -0.25) is 4.98 Å². The lowest BCUT2D eigenvalue weighted by Gasteiger charge is -2.08. The maximum atomic E-state index is 10.8. The second-order valence-corrected chi connectivity index (χ2v) is 8.12. The number of pyridine rings is 1. The highest BCUT2D eigenvalue weighted by Gasteiger charge is 2.16. The van der Waals surface area contributed by atoms with E-state index in [0.29, 0.717) is 5.75 Å². The van der Waals surface area contributed by atoms with E-state index in [0.717, 1.165) is 31.8 Å². The normalized spacial score (nSPS) is 12.0. The Hall–Kier alpha value is -3.47. The van der Waals surface area contributed by atoms with Crippen molar-refractivity contribution in [1.29, 1.82) is 0 Å². The number of nitrogens with zero attached hydrogens (tertiary/aromatic N) is 1. The fourth-order valence-electron chi connectivity index (χ4n) is 3.44. The van der Waals surface area contributed by atoms with Gasteiger partial charge in [-0.2, -0.15) is 0 Å². The minimum atomic E-state index is -0.665. The van der Waals surface area contributed by atoms with Crippen molar-refractivity contribution in [3.8, 4) is 22.6 Å². The van der Waals surface area contributed by atoms with Crippen LogP contribution in [-0.4, -0.2) is 10.1 Å². The second kappa shape index (κ2) is 8.11. The van der Waals surface area contributed by atoms with Crippen molar-refractivity contribution in [2.45, 2.75) is 6.10 Å². The van der Waals surface area contributed by atoms with Gasteiger partial charge >= 0.3 is 0 Å². The van der Waals surface area contributed by atoms with Crippen LogP contribution in [0.3, 0.4) is 0 Å². The number of aliphatic hydroxyl groups is 1. The van der Waals surface area contributed by atoms with Crippen molar-refractivity contribution < 1.29 is 9.84 Å². The molecule has 5 aromatic rings. The molecule has 0 saturated heterocycles. The monoisotopic (exact) mass is 409 g/mol. The van der Waals surface area contributed by atoms with Gasteiger partial charge in [-0.05, 0) is 34.9 Å². The Morgan fingerprint density at radius 1 is 0.767 bits per heavy atom. The van der Waals surface area contributed by atoms with Crippen LogP contribution < -0.4 is 4.74 Å². The zero-order valence-corrected chi connectivity index (χ0v) is 16.9. The number of fused-ring (bicyclic) bond motifs is 1. The zero-order chi connectivity index (χ0) is 20.3. The molecule has 1 unspecified atom stereocenters. The van der Waals surface area contributed by atoms with E-state index in [-0.39, 0.29) is 0 Å². The number of aromatic nitrogens is 1. The molecule has 0 aliphatic rings. The molecular formula is C26H19NO2S. The third-order valence-electron chi connectivity index (χ3n) is 5.00. The molecule has 4 heteroatoms. The van der Waals surface area contributed by atoms with Crippen LogP contribution in [0.2, 0.25) is 0 Å². The van der Waals surface area contributed by atoms with E-state index in [1.165, 1.54) is 16.9 Å². The predicted molar refractivity (Wildman–Crippen MR) is 122 cm³/mol. The van der Waals surface area contributed by atoms with Gasteiger partial charge in [0.15, 0.2) is 5.75 Å². The molecule has 5 rings (SSSR count). The maximum absolute atomic E-state index is 10.8. The van der Waals surface area contributed by atoms with Crippen LogP contribution in [0, 0.1) is 0 Å². The number of rotatable bonds is 5. The van der Waals surface area contributed by atoms with Crippen molar-refractivity contribution in [1.82, 2.24) is 4.98 Å². The first-order valence-corrected chi connectivity index (χ1v) is 10.5. The van der Waals surface area contributed by atoms with Gasteiger partial charge in [0.1, 0.15) is 11.9 Å². The molecule has 2 heterocycles. The molecule has 0 bridgehead atoms. The SMILES string of the molecule is OC(c1ccccc1)c1cc2c(Oc3ccc(-c4ccccc4)cc3)cncc2s1. The lowest BCUT2D eigenvalue weighted by Crippen LogP contribution is -1.95. The molecule has 0 saturated carbocycles. The van der Waals surface area contributed by atoms with E-state index in [2.05, 4.69) is 29.2 Å². The van der Waals surface area contributed by atoms with E-state index < -0.39 is 6.10 Å². The van der Waals surface area contributed by atoms with Crippen molar-refractivity contribution in [2.75, 3.05) is 0 Å². The van der Waals surface area contributed by atoms with E-state index >= 15 is 0 Å². The Bertz CT molecular complexity index is 1270. The van der Waals surface area contributed by atoms with Crippen LogP contribution in [-0.2, 0) is 0 Å². The third-order valence-corrected chi connectivity index (χ3v) is 6.13. The average Bonchev–Trinajstić information content (AvgIpc) is 3.26. The summed E-state index contributed by atoms with van der Waals surface area (Å²) in [4.78, 5) is 5.19. The van der Waals surface area contributed by atoms with E-state index in [1.54, 1.807) is 6.20 Å². The number of hydrogen-bond donors (Lipinski definition) is 1. The predicted octanol–water partition coefficient (Wildman–Crippen LogP) is 6.84. The van der Waals surface area contributed by atoms with Crippen LogP contribution in [0.1, 0.15) is 16.5 Å². The molecular weight excluding hydrogens is 390 g/mol. The maximum Gasteiger partial charge on any atom is 0.154 e. The highest BCUT2D eigenvalue weighted by atomic mass is 32.1.